The Morgan fingerprint density at radius 1 is 1.10 bits per heavy atom. The van der Waals surface area contributed by atoms with Crippen LogP contribution in [0, 0.1) is 5.41 Å². The smallest absolute Gasteiger partial charge is 0.303 e. The van der Waals surface area contributed by atoms with Gasteiger partial charge >= 0.3 is 5.97 Å². The van der Waals surface area contributed by atoms with Crippen LogP contribution in [0.4, 0.5) is 5.69 Å². The largest absolute Gasteiger partial charge is 0.481 e. The van der Waals surface area contributed by atoms with Crippen LogP contribution in [0.1, 0.15) is 50.5 Å². The predicted octanol–water partition coefficient (Wildman–Crippen LogP) is 3.86. The van der Waals surface area contributed by atoms with Crippen molar-refractivity contribution in [3.05, 3.63) is 29.8 Å². The number of para-hydroxylation sites is 1. The van der Waals surface area contributed by atoms with Crippen LogP contribution in [-0.2, 0) is 11.2 Å². The number of aliphatic carboxylic acids is 1. The van der Waals surface area contributed by atoms with Crippen LogP contribution in [0.2, 0.25) is 0 Å². The molecule has 0 atom stereocenters. The summed E-state index contributed by atoms with van der Waals surface area (Å²) in [5.41, 5.74) is 2.99. The van der Waals surface area contributed by atoms with Gasteiger partial charge in [0.05, 0.1) is 0 Å². The van der Waals surface area contributed by atoms with Crippen molar-refractivity contribution < 1.29 is 9.90 Å². The standard InChI is InChI=1S/C18H25NO2/c20-17(21)10-9-15-7-3-4-8-16(15)19-13-18(14-19)11-5-1-2-6-12-18/h3-4,7-8H,1-2,5-6,9-14H2,(H,20,21). The maximum atomic E-state index is 10.8. The molecule has 114 valence electrons. The highest BCUT2D eigenvalue weighted by Gasteiger charge is 2.42. The van der Waals surface area contributed by atoms with Gasteiger partial charge in [0.15, 0.2) is 0 Å². The number of carboxylic acid groups (broad SMARTS) is 1. The molecule has 3 heteroatoms. The highest BCUT2D eigenvalue weighted by molar-refractivity contribution is 5.68. The number of carbonyl (C=O) groups is 1. The molecule has 1 aliphatic carbocycles. The van der Waals surface area contributed by atoms with E-state index in [0.717, 1.165) is 13.1 Å². The number of hydrogen-bond donors (Lipinski definition) is 1. The first-order chi connectivity index (χ1) is 10.2. The Labute approximate surface area is 127 Å². The fourth-order valence-electron chi connectivity index (χ4n) is 4.00. The fraction of sp³-hybridized carbons (Fsp3) is 0.611. The van der Waals surface area contributed by atoms with E-state index in [9.17, 15) is 4.79 Å². The molecule has 3 rings (SSSR count). The van der Waals surface area contributed by atoms with Crippen LogP contribution in [0.25, 0.3) is 0 Å². The Hall–Kier alpha value is -1.51. The molecular weight excluding hydrogens is 262 g/mol. The van der Waals surface area contributed by atoms with E-state index in [0.29, 0.717) is 11.8 Å². The highest BCUT2D eigenvalue weighted by atomic mass is 16.4. The SMILES string of the molecule is O=C(O)CCc1ccccc1N1CC2(CCCCCC2)C1. The Balaban J connectivity index is 1.67. The van der Waals surface area contributed by atoms with Gasteiger partial charge in [-0.15, -0.1) is 0 Å². The molecule has 0 unspecified atom stereocenters. The number of rotatable bonds is 4. The first-order valence-electron chi connectivity index (χ1n) is 8.23. The first-order valence-corrected chi connectivity index (χ1v) is 8.23. The molecule has 0 amide bonds. The summed E-state index contributed by atoms with van der Waals surface area (Å²) in [6, 6.07) is 8.32. The van der Waals surface area contributed by atoms with Crippen LogP contribution in [0.3, 0.4) is 0 Å². The van der Waals surface area contributed by atoms with Gasteiger partial charge in [0, 0.05) is 30.6 Å². The molecule has 1 heterocycles. The molecule has 1 aliphatic heterocycles. The fourth-order valence-corrected chi connectivity index (χ4v) is 4.00. The Morgan fingerprint density at radius 3 is 2.43 bits per heavy atom. The zero-order valence-electron chi connectivity index (χ0n) is 12.7. The number of anilines is 1. The van der Waals surface area contributed by atoms with Crippen molar-refractivity contribution in [2.75, 3.05) is 18.0 Å². The molecule has 0 bridgehead atoms. The molecule has 0 aromatic heterocycles. The summed E-state index contributed by atoms with van der Waals surface area (Å²) in [4.78, 5) is 13.3. The molecule has 3 nitrogen and oxygen atoms in total. The second kappa shape index (κ2) is 6.08. The van der Waals surface area contributed by atoms with Crippen molar-refractivity contribution >= 4 is 11.7 Å². The molecule has 1 aromatic carbocycles. The average Bonchev–Trinajstić information content (AvgIpc) is 2.70. The van der Waals surface area contributed by atoms with E-state index >= 15 is 0 Å². The third kappa shape index (κ3) is 3.22. The minimum absolute atomic E-state index is 0.218. The van der Waals surface area contributed by atoms with Gasteiger partial charge in [0.25, 0.3) is 0 Å². The van der Waals surface area contributed by atoms with E-state index in [1.807, 2.05) is 6.07 Å². The number of nitrogens with zero attached hydrogens (tertiary/aromatic N) is 1. The number of aryl methyl sites for hydroxylation is 1. The summed E-state index contributed by atoms with van der Waals surface area (Å²) in [6.07, 6.45) is 9.17. The second-order valence-corrected chi connectivity index (χ2v) is 6.79. The van der Waals surface area contributed by atoms with Gasteiger partial charge in [-0.05, 0) is 30.9 Å². The van der Waals surface area contributed by atoms with Crippen molar-refractivity contribution in [1.29, 1.82) is 0 Å². The lowest BCUT2D eigenvalue weighted by Gasteiger charge is -2.52. The van der Waals surface area contributed by atoms with Gasteiger partial charge in [0.2, 0.25) is 0 Å². The average molecular weight is 287 g/mol. The summed E-state index contributed by atoms with van der Waals surface area (Å²) in [5.74, 6) is -0.714. The summed E-state index contributed by atoms with van der Waals surface area (Å²) in [7, 11) is 0. The van der Waals surface area contributed by atoms with Gasteiger partial charge in [0.1, 0.15) is 0 Å². The third-order valence-electron chi connectivity index (χ3n) is 5.16. The van der Waals surface area contributed by atoms with Gasteiger partial charge in [-0.2, -0.15) is 0 Å². The molecule has 21 heavy (non-hydrogen) atoms. The lowest BCUT2D eigenvalue weighted by Crippen LogP contribution is -2.56. The monoisotopic (exact) mass is 287 g/mol. The normalized spacial score (nSPS) is 20.9. The van der Waals surface area contributed by atoms with Crippen molar-refractivity contribution in [2.45, 2.75) is 51.4 Å². The van der Waals surface area contributed by atoms with E-state index in [4.69, 9.17) is 5.11 Å². The van der Waals surface area contributed by atoms with E-state index in [-0.39, 0.29) is 6.42 Å². The summed E-state index contributed by atoms with van der Waals surface area (Å²) in [5, 5.41) is 8.89. The molecule has 1 aromatic rings. The molecule has 2 fully saturated rings. The summed E-state index contributed by atoms with van der Waals surface area (Å²) < 4.78 is 0. The minimum atomic E-state index is -0.714. The molecule has 1 N–H and O–H groups in total. The lowest BCUT2D eigenvalue weighted by molar-refractivity contribution is -0.136. The predicted molar refractivity (Wildman–Crippen MR) is 84.7 cm³/mol. The van der Waals surface area contributed by atoms with Crippen molar-refractivity contribution in [3.63, 3.8) is 0 Å². The van der Waals surface area contributed by atoms with Crippen LogP contribution in [0.5, 0.6) is 0 Å². The Bertz CT molecular complexity index is 496. The van der Waals surface area contributed by atoms with Crippen molar-refractivity contribution in [3.8, 4) is 0 Å². The van der Waals surface area contributed by atoms with Crippen molar-refractivity contribution in [1.82, 2.24) is 0 Å². The maximum Gasteiger partial charge on any atom is 0.303 e. The zero-order valence-corrected chi connectivity index (χ0v) is 12.7. The van der Waals surface area contributed by atoms with Gasteiger partial charge in [-0.3, -0.25) is 4.79 Å². The van der Waals surface area contributed by atoms with E-state index in [2.05, 4.69) is 23.1 Å². The van der Waals surface area contributed by atoms with Gasteiger partial charge in [-0.1, -0.05) is 43.9 Å². The van der Waals surface area contributed by atoms with Crippen molar-refractivity contribution in [2.24, 2.45) is 5.41 Å². The molecule has 1 spiro atoms. The van der Waals surface area contributed by atoms with E-state index < -0.39 is 5.97 Å². The number of hydrogen-bond acceptors (Lipinski definition) is 2. The molecule has 2 aliphatic rings. The lowest BCUT2D eigenvalue weighted by atomic mass is 9.73. The zero-order chi connectivity index (χ0) is 14.7. The second-order valence-electron chi connectivity index (χ2n) is 6.79. The number of benzene rings is 1. The topological polar surface area (TPSA) is 40.5 Å². The molecule has 1 saturated heterocycles. The highest BCUT2D eigenvalue weighted by Crippen LogP contribution is 2.45. The quantitative estimate of drug-likeness (QED) is 0.914. The van der Waals surface area contributed by atoms with Crippen LogP contribution in [-0.4, -0.2) is 24.2 Å². The van der Waals surface area contributed by atoms with E-state index in [1.54, 1.807) is 0 Å². The molecular formula is C18H25NO2. The van der Waals surface area contributed by atoms with E-state index in [1.165, 1.54) is 49.8 Å². The minimum Gasteiger partial charge on any atom is -0.481 e. The van der Waals surface area contributed by atoms with Gasteiger partial charge < -0.3 is 10.0 Å². The summed E-state index contributed by atoms with van der Waals surface area (Å²) in [6.45, 7) is 2.33. The van der Waals surface area contributed by atoms with Crippen LogP contribution < -0.4 is 4.90 Å². The molecule has 1 saturated carbocycles. The number of carboxylic acids is 1. The third-order valence-corrected chi connectivity index (χ3v) is 5.16. The van der Waals surface area contributed by atoms with Crippen LogP contribution >= 0.6 is 0 Å². The van der Waals surface area contributed by atoms with Crippen LogP contribution in [0.15, 0.2) is 24.3 Å². The molecule has 0 radical (unpaired) electrons. The maximum absolute atomic E-state index is 10.8. The Morgan fingerprint density at radius 2 is 1.76 bits per heavy atom. The van der Waals surface area contributed by atoms with Gasteiger partial charge in [-0.25, -0.2) is 0 Å². The summed E-state index contributed by atoms with van der Waals surface area (Å²) >= 11 is 0. The first kappa shape index (κ1) is 14.4. The Kier molecular flexibility index (Phi) is 4.18.